The first-order valence-electron chi connectivity index (χ1n) is 10.9. The number of carbonyl (C=O) groups is 1. The molecule has 0 aliphatic heterocycles. The van der Waals surface area contributed by atoms with Crippen molar-refractivity contribution < 1.29 is 17.9 Å². The molecule has 1 atom stereocenters. The van der Waals surface area contributed by atoms with Crippen LogP contribution < -0.4 is 14.8 Å². The Bertz CT molecular complexity index is 1260. The molecule has 0 bridgehead atoms. The van der Waals surface area contributed by atoms with E-state index in [9.17, 15) is 13.2 Å². The quantitative estimate of drug-likeness (QED) is 0.480. The molecule has 0 spiro atoms. The van der Waals surface area contributed by atoms with Crippen molar-refractivity contribution in [2.45, 2.75) is 24.8 Å². The molecule has 0 fully saturated rings. The van der Waals surface area contributed by atoms with Crippen LogP contribution in [0.15, 0.2) is 71.6 Å². The zero-order valence-electron chi connectivity index (χ0n) is 20.1. The number of hydrogen-bond donors (Lipinski definition) is 2. The van der Waals surface area contributed by atoms with Gasteiger partial charge in [0.1, 0.15) is 5.75 Å². The monoisotopic (exact) mass is 481 g/mol. The normalized spacial score (nSPS) is 12.3. The predicted molar refractivity (Wildman–Crippen MR) is 135 cm³/mol. The molecule has 0 aliphatic rings. The van der Waals surface area contributed by atoms with E-state index in [1.807, 2.05) is 62.3 Å². The second-order valence-electron chi connectivity index (χ2n) is 8.42. The summed E-state index contributed by atoms with van der Waals surface area (Å²) < 4.78 is 33.9. The third-order valence-electron chi connectivity index (χ3n) is 5.60. The van der Waals surface area contributed by atoms with Gasteiger partial charge in [0.2, 0.25) is 0 Å². The number of benzene rings is 3. The maximum Gasteiger partial charge on any atom is 0.262 e. The van der Waals surface area contributed by atoms with E-state index >= 15 is 0 Å². The molecule has 0 radical (unpaired) electrons. The lowest BCUT2D eigenvalue weighted by atomic mass is 10.1. The zero-order valence-corrected chi connectivity index (χ0v) is 20.9. The van der Waals surface area contributed by atoms with Crippen molar-refractivity contribution in [2.75, 3.05) is 32.5 Å². The van der Waals surface area contributed by atoms with Crippen LogP contribution in [-0.4, -0.2) is 47.0 Å². The summed E-state index contributed by atoms with van der Waals surface area (Å²) in [5, 5.41) is 2.93. The molecule has 0 aliphatic carbocycles. The first-order chi connectivity index (χ1) is 16.1. The van der Waals surface area contributed by atoms with Crippen LogP contribution in [0.25, 0.3) is 0 Å². The number of carbonyl (C=O) groups excluding carboxylic acids is 1. The van der Waals surface area contributed by atoms with Gasteiger partial charge >= 0.3 is 0 Å². The summed E-state index contributed by atoms with van der Waals surface area (Å²) in [7, 11) is 1.62. The Labute approximate surface area is 201 Å². The van der Waals surface area contributed by atoms with Gasteiger partial charge < -0.3 is 15.0 Å². The Morgan fingerprint density at radius 3 is 2.35 bits per heavy atom. The summed E-state index contributed by atoms with van der Waals surface area (Å²) in [4.78, 5) is 15.0. The molecule has 0 saturated heterocycles. The maximum atomic E-state index is 13.0. The number of anilines is 1. The molecular formula is C26H31N3O4S. The van der Waals surface area contributed by atoms with Crippen LogP contribution in [0.3, 0.4) is 0 Å². The number of sulfonamides is 1. The Morgan fingerprint density at radius 1 is 1.00 bits per heavy atom. The second-order valence-corrected chi connectivity index (χ2v) is 10.1. The van der Waals surface area contributed by atoms with E-state index in [1.54, 1.807) is 38.3 Å². The minimum absolute atomic E-state index is 0.0673. The lowest BCUT2D eigenvalue weighted by molar-refractivity contribution is 0.0941. The number of nitrogens with one attached hydrogen (secondary N) is 2. The minimum Gasteiger partial charge on any atom is -0.497 e. The first-order valence-corrected chi connectivity index (χ1v) is 12.4. The van der Waals surface area contributed by atoms with Gasteiger partial charge in [0, 0.05) is 17.8 Å². The van der Waals surface area contributed by atoms with Gasteiger partial charge in [-0.25, -0.2) is 8.42 Å². The second kappa shape index (κ2) is 10.7. The molecule has 3 aromatic rings. The third kappa shape index (κ3) is 6.15. The van der Waals surface area contributed by atoms with E-state index < -0.39 is 10.0 Å². The summed E-state index contributed by atoms with van der Waals surface area (Å²) in [6, 6.07) is 19.4. The number of hydrogen-bond acceptors (Lipinski definition) is 5. The molecule has 0 heterocycles. The fourth-order valence-electron chi connectivity index (χ4n) is 3.60. The highest BCUT2D eigenvalue weighted by molar-refractivity contribution is 7.92. The lowest BCUT2D eigenvalue weighted by Crippen LogP contribution is -2.34. The lowest BCUT2D eigenvalue weighted by Gasteiger charge is -2.25. The van der Waals surface area contributed by atoms with Crippen LogP contribution >= 0.6 is 0 Å². The highest BCUT2D eigenvalue weighted by Crippen LogP contribution is 2.23. The molecule has 2 N–H and O–H groups in total. The largest absolute Gasteiger partial charge is 0.497 e. The molecule has 0 aromatic heterocycles. The highest BCUT2D eigenvalue weighted by atomic mass is 32.2. The third-order valence-corrected chi connectivity index (χ3v) is 7.12. The van der Waals surface area contributed by atoms with E-state index in [1.165, 1.54) is 6.07 Å². The van der Waals surface area contributed by atoms with E-state index in [0.29, 0.717) is 17.8 Å². The van der Waals surface area contributed by atoms with Crippen molar-refractivity contribution in [1.29, 1.82) is 0 Å². The Morgan fingerprint density at radius 2 is 1.71 bits per heavy atom. The minimum atomic E-state index is -3.86. The topological polar surface area (TPSA) is 87.7 Å². The molecule has 34 heavy (non-hydrogen) atoms. The molecule has 180 valence electrons. The average Bonchev–Trinajstić information content (AvgIpc) is 2.80. The van der Waals surface area contributed by atoms with Gasteiger partial charge in [0.25, 0.3) is 15.9 Å². The van der Waals surface area contributed by atoms with Gasteiger partial charge in [0.05, 0.1) is 18.0 Å². The highest BCUT2D eigenvalue weighted by Gasteiger charge is 2.21. The fraction of sp³-hybridized carbons (Fsp3) is 0.269. The summed E-state index contributed by atoms with van der Waals surface area (Å²) >= 11 is 0. The molecule has 0 saturated carbocycles. The van der Waals surface area contributed by atoms with E-state index in [4.69, 9.17) is 4.74 Å². The zero-order chi connectivity index (χ0) is 24.9. The van der Waals surface area contributed by atoms with Crippen molar-refractivity contribution in [3.05, 3.63) is 89.0 Å². The molecule has 3 aromatic carbocycles. The van der Waals surface area contributed by atoms with Crippen molar-refractivity contribution in [3.8, 4) is 5.75 Å². The standard InChI is InChI=1S/C26H31N3O4S/c1-18-9-13-22(14-10-18)28-34(31,32)25-16-21(12-11-19(25)2)26(30)27-17-24(29(3)4)20-7-6-8-23(15-20)33-5/h6-16,24,28H,17H2,1-5H3,(H,27,30)/t24-/m1/s1. The van der Waals surface area contributed by atoms with Crippen molar-refractivity contribution >= 4 is 21.6 Å². The van der Waals surface area contributed by atoms with Gasteiger partial charge in [-0.3, -0.25) is 9.52 Å². The van der Waals surface area contributed by atoms with Gasteiger partial charge in [-0.1, -0.05) is 35.9 Å². The smallest absolute Gasteiger partial charge is 0.262 e. The molecule has 7 nitrogen and oxygen atoms in total. The van der Waals surface area contributed by atoms with E-state index in [-0.39, 0.29) is 22.4 Å². The van der Waals surface area contributed by atoms with Crippen molar-refractivity contribution in [2.24, 2.45) is 0 Å². The number of amides is 1. The maximum absolute atomic E-state index is 13.0. The van der Waals surface area contributed by atoms with Gasteiger partial charge in [0.15, 0.2) is 0 Å². The molecular weight excluding hydrogens is 450 g/mol. The number of methoxy groups -OCH3 is 1. The van der Waals surface area contributed by atoms with Crippen molar-refractivity contribution in [1.82, 2.24) is 10.2 Å². The number of ether oxygens (including phenoxy) is 1. The summed E-state index contributed by atoms with van der Waals surface area (Å²) in [6.07, 6.45) is 0. The number of likely N-dealkylation sites (N-methyl/N-ethyl adjacent to an activating group) is 1. The predicted octanol–water partition coefficient (Wildman–Crippen LogP) is 4.15. The molecule has 3 rings (SSSR count). The van der Waals surface area contributed by atoms with E-state index in [2.05, 4.69) is 10.0 Å². The molecule has 1 amide bonds. The number of nitrogens with zero attached hydrogens (tertiary/aromatic N) is 1. The van der Waals surface area contributed by atoms with Crippen molar-refractivity contribution in [3.63, 3.8) is 0 Å². The summed E-state index contributed by atoms with van der Waals surface area (Å²) in [5.41, 5.74) is 3.32. The fourth-order valence-corrected chi connectivity index (χ4v) is 4.93. The summed E-state index contributed by atoms with van der Waals surface area (Å²) in [5.74, 6) is 0.395. The van der Waals surface area contributed by atoms with E-state index in [0.717, 1.165) is 16.9 Å². The first kappa shape index (κ1) is 25.3. The number of aryl methyl sites for hydroxylation is 2. The van der Waals surface area contributed by atoms with Crippen LogP contribution in [0.5, 0.6) is 5.75 Å². The van der Waals surface area contributed by atoms with Crippen LogP contribution in [-0.2, 0) is 10.0 Å². The Kier molecular flexibility index (Phi) is 7.96. The molecule has 8 heteroatoms. The summed E-state index contributed by atoms with van der Waals surface area (Å²) in [6.45, 7) is 3.98. The van der Waals surface area contributed by atoms with Gasteiger partial charge in [-0.05, 0) is 75.5 Å². The van der Waals surface area contributed by atoms with Crippen LogP contribution in [0.4, 0.5) is 5.69 Å². The van der Waals surface area contributed by atoms with Crippen LogP contribution in [0, 0.1) is 13.8 Å². The Balaban J connectivity index is 1.78. The van der Waals surface area contributed by atoms with Crippen LogP contribution in [0.2, 0.25) is 0 Å². The SMILES string of the molecule is COc1cccc([C@@H](CNC(=O)c2ccc(C)c(S(=O)(=O)Nc3ccc(C)cc3)c2)N(C)C)c1. The Hall–Kier alpha value is -3.36. The molecule has 0 unspecified atom stereocenters. The van der Waals surface area contributed by atoms with Crippen LogP contribution in [0.1, 0.15) is 33.1 Å². The van der Waals surface area contributed by atoms with Gasteiger partial charge in [-0.15, -0.1) is 0 Å². The van der Waals surface area contributed by atoms with Gasteiger partial charge in [-0.2, -0.15) is 0 Å². The number of rotatable bonds is 9. The average molecular weight is 482 g/mol.